The summed E-state index contributed by atoms with van der Waals surface area (Å²) < 4.78 is 11.1. The summed E-state index contributed by atoms with van der Waals surface area (Å²) in [6.45, 7) is 1.86. The highest BCUT2D eigenvalue weighted by molar-refractivity contribution is 7.99. The van der Waals surface area contributed by atoms with E-state index in [9.17, 15) is 4.79 Å². The molecule has 1 saturated heterocycles. The standard InChI is InChI=1S/C20H21N3O3S/c24-20(14-5-7-21-19(11-14)26-15-6-9-25-13-15)22-8-10-27-18-12-23-17-4-2-1-3-16(17)18/h1-5,7,11-12,15,23H,6,8-10,13H2,(H,22,24). The smallest absolute Gasteiger partial charge is 0.251 e. The van der Waals surface area contributed by atoms with Crippen molar-refractivity contribution in [2.45, 2.75) is 17.4 Å². The Labute approximate surface area is 161 Å². The van der Waals surface area contributed by atoms with Gasteiger partial charge in [0.05, 0.1) is 13.2 Å². The van der Waals surface area contributed by atoms with E-state index in [0.29, 0.717) is 31.2 Å². The largest absolute Gasteiger partial charge is 0.472 e. The van der Waals surface area contributed by atoms with Crippen LogP contribution in [0.25, 0.3) is 10.9 Å². The van der Waals surface area contributed by atoms with Gasteiger partial charge in [-0.05, 0) is 12.1 Å². The highest BCUT2D eigenvalue weighted by atomic mass is 32.2. The van der Waals surface area contributed by atoms with Crippen molar-refractivity contribution in [2.24, 2.45) is 0 Å². The number of para-hydroxylation sites is 1. The van der Waals surface area contributed by atoms with Crippen LogP contribution in [0.15, 0.2) is 53.7 Å². The van der Waals surface area contributed by atoms with Gasteiger partial charge in [0.1, 0.15) is 6.10 Å². The molecule has 27 heavy (non-hydrogen) atoms. The summed E-state index contributed by atoms with van der Waals surface area (Å²) in [5.41, 5.74) is 1.68. The molecule has 1 amide bonds. The summed E-state index contributed by atoms with van der Waals surface area (Å²) in [7, 11) is 0. The summed E-state index contributed by atoms with van der Waals surface area (Å²) in [5, 5.41) is 4.16. The van der Waals surface area contributed by atoms with Crippen molar-refractivity contribution >= 4 is 28.6 Å². The number of nitrogens with one attached hydrogen (secondary N) is 2. The monoisotopic (exact) mass is 383 g/mol. The van der Waals surface area contributed by atoms with Gasteiger partial charge in [0, 0.05) is 58.5 Å². The molecule has 2 aromatic heterocycles. The minimum Gasteiger partial charge on any atom is -0.472 e. The fourth-order valence-corrected chi connectivity index (χ4v) is 3.88. The molecule has 140 valence electrons. The molecule has 1 fully saturated rings. The van der Waals surface area contributed by atoms with Gasteiger partial charge in [-0.3, -0.25) is 4.79 Å². The highest BCUT2D eigenvalue weighted by Gasteiger charge is 2.18. The number of ether oxygens (including phenoxy) is 2. The lowest BCUT2D eigenvalue weighted by molar-refractivity contribution is 0.0954. The topological polar surface area (TPSA) is 76.2 Å². The second-order valence-electron chi connectivity index (χ2n) is 6.29. The zero-order valence-corrected chi connectivity index (χ0v) is 15.6. The fourth-order valence-electron chi connectivity index (χ4n) is 2.98. The molecule has 0 radical (unpaired) electrons. The van der Waals surface area contributed by atoms with Gasteiger partial charge in [-0.25, -0.2) is 4.98 Å². The van der Waals surface area contributed by atoms with Crippen molar-refractivity contribution in [1.29, 1.82) is 0 Å². The summed E-state index contributed by atoms with van der Waals surface area (Å²) >= 11 is 1.72. The van der Waals surface area contributed by atoms with E-state index in [1.807, 2.05) is 18.3 Å². The minimum absolute atomic E-state index is 0.0170. The van der Waals surface area contributed by atoms with Gasteiger partial charge >= 0.3 is 0 Å². The van der Waals surface area contributed by atoms with Gasteiger partial charge in [0.15, 0.2) is 0 Å². The molecule has 0 spiro atoms. The number of H-pyrrole nitrogens is 1. The maximum absolute atomic E-state index is 12.4. The molecule has 1 aliphatic rings. The van der Waals surface area contributed by atoms with E-state index in [1.54, 1.807) is 30.1 Å². The van der Waals surface area contributed by atoms with E-state index in [1.165, 1.54) is 10.3 Å². The molecule has 4 rings (SSSR count). The van der Waals surface area contributed by atoms with Crippen molar-refractivity contribution in [3.63, 3.8) is 0 Å². The summed E-state index contributed by atoms with van der Waals surface area (Å²) in [6, 6.07) is 11.6. The second-order valence-corrected chi connectivity index (χ2v) is 7.43. The normalized spacial score (nSPS) is 16.5. The van der Waals surface area contributed by atoms with E-state index in [4.69, 9.17) is 9.47 Å². The second kappa shape index (κ2) is 8.45. The molecule has 0 saturated carbocycles. The van der Waals surface area contributed by atoms with Crippen LogP contribution in [0.3, 0.4) is 0 Å². The Morgan fingerprint density at radius 2 is 2.30 bits per heavy atom. The van der Waals surface area contributed by atoms with Crippen molar-refractivity contribution in [3.8, 4) is 5.88 Å². The first-order chi connectivity index (χ1) is 13.3. The number of aromatic nitrogens is 2. The predicted molar refractivity (Wildman–Crippen MR) is 105 cm³/mol. The molecular formula is C20H21N3O3S. The van der Waals surface area contributed by atoms with Crippen LogP contribution in [-0.4, -0.2) is 47.5 Å². The molecule has 1 atom stereocenters. The molecule has 0 bridgehead atoms. The molecule has 1 aromatic carbocycles. The molecule has 2 N–H and O–H groups in total. The molecule has 7 heteroatoms. The number of rotatable bonds is 7. The average Bonchev–Trinajstić information content (AvgIpc) is 3.35. The number of carbonyl (C=O) groups excluding carboxylic acids is 1. The Bertz CT molecular complexity index is 921. The maximum atomic E-state index is 12.4. The van der Waals surface area contributed by atoms with E-state index in [2.05, 4.69) is 27.4 Å². The quantitative estimate of drug-likeness (QED) is 0.484. The molecule has 1 unspecified atom stereocenters. The van der Waals surface area contributed by atoms with Crippen molar-refractivity contribution in [2.75, 3.05) is 25.5 Å². The number of hydrogen-bond donors (Lipinski definition) is 2. The maximum Gasteiger partial charge on any atom is 0.251 e. The third-order valence-corrected chi connectivity index (χ3v) is 5.43. The summed E-state index contributed by atoms with van der Waals surface area (Å²) in [4.78, 5) is 21.0. The number of hydrogen-bond acceptors (Lipinski definition) is 5. The summed E-state index contributed by atoms with van der Waals surface area (Å²) in [5.74, 6) is 1.14. The Kier molecular flexibility index (Phi) is 5.60. The first-order valence-corrected chi connectivity index (χ1v) is 9.96. The first kappa shape index (κ1) is 17.9. The molecule has 3 heterocycles. The zero-order chi connectivity index (χ0) is 18.5. The third-order valence-electron chi connectivity index (χ3n) is 4.37. The number of aromatic amines is 1. The van der Waals surface area contributed by atoms with E-state index < -0.39 is 0 Å². The zero-order valence-electron chi connectivity index (χ0n) is 14.8. The van der Waals surface area contributed by atoms with E-state index in [0.717, 1.165) is 17.7 Å². The number of benzene rings is 1. The predicted octanol–water partition coefficient (Wildman–Crippen LogP) is 3.25. The minimum atomic E-state index is -0.121. The Morgan fingerprint density at radius 1 is 1.37 bits per heavy atom. The lowest BCUT2D eigenvalue weighted by Crippen LogP contribution is -2.26. The van der Waals surface area contributed by atoms with Crippen LogP contribution in [0.1, 0.15) is 16.8 Å². The van der Waals surface area contributed by atoms with Gasteiger partial charge in [-0.15, -0.1) is 11.8 Å². The average molecular weight is 383 g/mol. The van der Waals surface area contributed by atoms with Crippen LogP contribution in [-0.2, 0) is 4.74 Å². The van der Waals surface area contributed by atoms with Crippen LogP contribution < -0.4 is 10.1 Å². The lowest BCUT2D eigenvalue weighted by atomic mass is 10.2. The number of amides is 1. The highest BCUT2D eigenvalue weighted by Crippen LogP contribution is 2.27. The van der Waals surface area contributed by atoms with Gasteiger partial charge in [-0.1, -0.05) is 18.2 Å². The van der Waals surface area contributed by atoms with Gasteiger partial charge in [0.2, 0.25) is 5.88 Å². The van der Waals surface area contributed by atoms with Crippen LogP contribution in [0, 0.1) is 0 Å². The van der Waals surface area contributed by atoms with E-state index >= 15 is 0 Å². The van der Waals surface area contributed by atoms with Crippen LogP contribution >= 0.6 is 11.8 Å². The first-order valence-electron chi connectivity index (χ1n) is 8.97. The van der Waals surface area contributed by atoms with Gasteiger partial charge < -0.3 is 19.8 Å². The van der Waals surface area contributed by atoms with E-state index in [-0.39, 0.29) is 12.0 Å². The number of thioether (sulfide) groups is 1. The molecular weight excluding hydrogens is 362 g/mol. The molecule has 3 aromatic rings. The van der Waals surface area contributed by atoms with Crippen LogP contribution in [0.4, 0.5) is 0 Å². The Morgan fingerprint density at radius 3 is 3.19 bits per heavy atom. The Balaban J connectivity index is 1.28. The summed E-state index contributed by atoms with van der Waals surface area (Å²) in [6.07, 6.45) is 4.48. The Hall–Kier alpha value is -2.51. The number of pyridine rings is 1. The third kappa shape index (κ3) is 4.43. The van der Waals surface area contributed by atoms with Crippen molar-refractivity contribution in [3.05, 3.63) is 54.4 Å². The number of carbonyl (C=O) groups is 1. The lowest BCUT2D eigenvalue weighted by Gasteiger charge is -2.11. The van der Waals surface area contributed by atoms with Gasteiger partial charge in [0.25, 0.3) is 5.91 Å². The van der Waals surface area contributed by atoms with Crippen molar-refractivity contribution < 1.29 is 14.3 Å². The van der Waals surface area contributed by atoms with Gasteiger partial charge in [-0.2, -0.15) is 0 Å². The van der Waals surface area contributed by atoms with Crippen molar-refractivity contribution in [1.82, 2.24) is 15.3 Å². The van der Waals surface area contributed by atoms with Crippen LogP contribution in [0.2, 0.25) is 0 Å². The molecule has 1 aliphatic heterocycles. The fraction of sp³-hybridized carbons (Fsp3) is 0.300. The number of fused-ring (bicyclic) bond motifs is 1. The SMILES string of the molecule is O=C(NCCSc1c[nH]c2ccccc12)c1ccnc(OC2CCOC2)c1. The molecule has 6 nitrogen and oxygen atoms in total. The van der Waals surface area contributed by atoms with Crippen LogP contribution in [0.5, 0.6) is 5.88 Å². The number of nitrogens with zero attached hydrogens (tertiary/aromatic N) is 1. The molecule has 0 aliphatic carbocycles.